The Kier molecular flexibility index (Phi) is 5.47. The van der Waals surface area contributed by atoms with Crippen molar-refractivity contribution in [3.05, 3.63) is 59.9 Å². The number of benzene rings is 1. The lowest BCUT2D eigenvalue weighted by atomic mass is 10.2. The van der Waals surface area contributed by atoms with E-state index in [-0.39, 0.29) is 6.10 Å². The SMILES string of the molecule is c1ccc(-c2cnc(CSc3nnc(-c4cccs4)n3C[C@H]3CCCO3)o2)cc1. The van der Waals surface area contributed by atoms with Crippen molar-refractivity contribution in [2.45, 2.75) is 36.4 Å². The van der Waals surface area contributed by atoms with Crippen LogP contribution >= 0.6 is 23.1 Å². The molecule has 148 valence electrons. The number of rotatable bonds is 7. The molecule has 29 heavy (non-hydrogen) atoms. The number of nitrogens with zero attached hydrogens (tertiary/aromatic N) is 4. The third-order valence-electron chi connectivity index (χ3n) is 4.81. The van der Waals surface area contributed by atoms with Gasteiger partial charge in [0.1, 0.15) is 0 Å². The van der Waals surface area contributed by atoms with Crippen molar-refractivity contribution >= 4 is 23.1 Å². The molecule has 1 aliphatic rings. The normalized spacial score (nSPS) is 16.5. The second kappa shape index (κ2) is 8.52. The monoisotopic (exact) mass is 424 g/mol. The summed E-state index contributed by atoms with van der Waals surface area (Å²) in [4.78, 5) is 5.55. The van der Waals surface area contributed by atoms with Gasteiger partial charge in [0.15, 0.2) is 16.7 Å². The van der Waals surface area contributed by atoms with Gasteiger partial charge in [0.25, 0.3) is 0 Å². The van der Waals surface area contributed by atoms with Crippen LogP contribution in [0.15, 0.2) is 63.6 Å². The van der Waals surface area contributed by atoms with E-state index >= 15 is 0 Å². The molecule has 1 saturated heterocycles. The van der Waals surface area contributed by atoms with Crippen LogP contribution < -0.4 is 0 Å². The maximum absolute atomic E-state index is 5.93. The highest BCUT2D eigenvalue weighted by Crippen LogP contribution is 2.31. The molecule has 0 aliphatic carbocycles. The smallest absolute Gasteiger partial charge is 0.205 e. The number of oxazole rings is 1. The average Bonchev–Trinajstić information content (AvgIpc) is 3.54. The summed E-state index contributed by atoms with van der Waals surface area (Å²) in [5.74, 6) is 2.95. The van der Waals surface area contributed by atoms with Crippen LogP contribution in [0.3, 0.4) is 0 Å². The molecule has 0 saturated carbocycles. The fourth-order valence-corrected chi connectivity index (χ4v) is 4.90. The molecule has 4 heterocycles. The molecule has 0 N–H and O–H groups in total. The summed E-state index contributed by atoms with van der Waals surface area (Å²) in [6.45, 7) is 1.60. The molecule has 0 spiro atoms. The highest BCUT2D eigenvalue weighted by molar-refractivity contribution is 7.98. The van der Waals surface area contributed by atoms with Crippen LogP contribution in [-0.2, 0) is 17.0 Å². The first-order valence-corrected chi connectivity index (χ1v) is 11.4. The molecular weight excluding hydrogens is 404 g/mol. The maximum Gasteiger partial charge on any atom is 0.205 e. The van der Waals surface area contributed by atoms with Crippen molar-refractivity contribution in [2.24, 2.45) is 0 Å². The van der Waals surface area contributed by atoms with Crippen LogP contribution in [-0.4, -0.2) is 32.5 Å². The minimum Gasteiger partial charge on any atom is -0.440 e. The van der Waals surface area contributed by atoms with Gasteiger partial charge in [-0.05, 0) is 24.3 Å². The summed E-state index contributed by atoms with van der Waals surface area (Å²) < 4.78 is 14.0. The number of thiophene rings is 1. The van der Waals surface area contributed by atoms with E-state index in [4.69, 9.17) is 9.15 Å². The first kappa shape index (κ1) is 18.6. The first-order chi connectivity index (χ1) is 14.4. The number of hydrogen-bond donors (Lipinski definition) is 0. The quantitative estimate of drug-likeness (QED) is 0.383. The van der Waals surface area contributed by atoms with Gasteiger partial charge in [0.05, 0.1) is 29.5 Å². The zero-order valence-electron chi connectivity index (χ0n) is 15.7. The lowest BCUT2D eigenvalue weighted by Crippen LogP contribution is -2.16. The third kappa shape index (κ3) is 4.14. The van der Waals surface area contributed by atoms with Crippen molar-refractivity contribution in [3.8, 4) is 22.0 Å². The lowest BCUT2D eigenvalue weighted by molar-refractivity contribution is 0.0953. The minimum absolute atomic E-state index is 0.218. The molecule has 0 bridgehead atoms. The minimum atomic E-state index is 0.218. The van der Waals surface area contributed by atoms with Crippen molar-refractivity contribution in [3.63, 3.8) is 0 Å². The number of ether oxygens (including phenoxy) is 1. The Morgan fingerprint density at radius 3 is 2.86 bits per heavy atom. The Morgan fingerprint density at radius 2 is 2.07 bits per heavy atom. The van der Waals surface area contributed by atoms with Crippen LogP contribution in [0.5, 0.6) is 0 Å². The Morgan fingerprint density at radius 1 is 1.14 bits per heavy atom. The largest absolute Gasteiger partial charge is 0.440 e. The molecule has 1 fully saturated rings. The van der Waals surface area contributed by atoms with Crippen molar-refractivity contribution < 1.29 is 9.15 Å². The molecular formula is C21H20N4O2S2. The molecule has 3 aromatic heterocycles. The van der Waals surface area contributed by atoms with E-state index in [9.17, 15) is 0 Å². The maximum atomic E-state index is 5.93. The van der Waals surface area contributed by atoms with Crippen LogP contribution in [0, 0.1) is 0 Å². The molecule has 4 aromatic rings. The molecule has 1 atom stereocenters. The van der Waals surface area contributed by atoms with E-state index in [0.717, 1.165) is 53.2 Å². The zero-order chi connectivity index (χ0) is 19.5. The average molecular weight is 425 g/mol. The molecule has 6 nitrogen and oxygen atoms in total. The predicted molar refractivity (Wildman–Crippen MR) is 114 cm³/mol. The van der Waals surface area contributed by atoms with Gasteiger partial charge < -0.3 is 9.15 Å². The summed E-state index contributed by atoms with van der Waals surface area (Å²) in [5, 5.41) is 11.8. The van der Waals surface area contributed by atoms with Crippen molar-refractivity contribution in [1.82, 2.24) is 19.7 Å². The standard InChI is InChI=1S/C21H20N4O2S2/c1-2-6-15(7-3-1)17-12-22-19(27-17)14-29-21-24-23-20(18-9-5-11-28-18)25(21)13-16-8-4-10-26-16/h1-3,5-7,9,11-12,16H,4,8,10,13-14H2/t16-/m1/s1. The van der Waals surface area contributed by atoms with Crippen LogP contribution in [0.25, 0.3) is 22.0 Å². The van der Waals surface area contributed by atoms with E-state index in [1.54, 1.807) is 29.3 Å². The zero-order valence-corrected chi connectivity index (χ0v) is 17.4. The van der Waals surface area contributed by atoms with E-state index in [0.29, 0.717) is 11.6 Å². The Balaban J connectivity index is 1.35. The highest BCUT2D eigenvalue weighted by Gasteiger charge is 2.22. The molecule has 5 rings (SSSR count). The van der Waals surface area contributed by atoms with Crippen LogP contribution in [0.2, 0.25) is 0 Å². The summed E-state index contributed by atoms with van der Waals surface area (Å²) in [7, 11) is 0. The first-order valence-electron chi connectivity index (χ1n) is 9.58. The van der Waals surface area contributed by atoms with Gasteiger partial charge in [-0.25, -0.2) is 4.98 Å². The van der Waals surface area contributed by atoms with Gasteiger partial charge in [0, 0.05) is 12.2 Å². The van der Waals surface area contributed by atoms with Gasteiger partial charge in [0.2, 0.25) is 5.89 Å². The van der Waals surface area contributed by atoms with Gasteiger partial charge in [-0.3, -0.25) is 4.57 Å². The summed E-state index contributed by atoms with van der Waals surface area (Å²) in [6.07, 6.45) is 4.18. The Bertz CT molecular complexity index is 1050. The summed E-state index contributed by atoms with van der Waals surface area (Å²) >= 11 is 3.26. The van der Waals surface area contributed by atoms with Gasteiger partial charge in [-0.1, -0.05) is 48.2 Å². The van der Waals surface area contributed by atoms with E-state index in [1.807, 2.05) is 36.4 Å². The van der Waals surface area contributed by atoms with E-state index in [1.165, 1.54) is 0 Å². The van der Waals surface area contributed by atoms with Crippen LogP contribution in [0.1, 0.15) is 18.7 Å². The Labute approximate surface area is 177 Å². The third-order valence-corrected chi connectivity index (χ3v) is 6.62. The molecule has 0 unspecified atom stereocenters. The van der Waals surface area contributed by atoms with E-state index < -0.39 is 0 Å². The van der Waals surface area contributed by atoms with E-state index in [2.05, 4.69) is 31.2 Å². The summed E-state index contributed by atoms with van der Waals surface area (Å²) in [6, 6.07) is 14.1. The highest BCUT2D eigenvalue weighted by atomic mass is 32.2. The second-order valence-corrected chi connectivity index (χ2v) is 8.69. The fraction of sp³-hybridized carbons (Fsp3) is 0.286. The predicted octanol–water partition coefficient (Wildman–Crippen LogP) is 5.13. The number of aromatic nitrogens is 4. The number of thioether (sulfide) groups is 1. The van der Waals surface area contributed by atoms with Crippen LogP contribution in [0.4, 0.5) is 0 Å². The summed E-state index contributed by atoms with van der Waals surface area (Å²) in [5.41, 5.74) is 1.03. The Hall–Kier alpha value is -2.42. The molecule has 0 radical (unpaired) electrons. The number of hydrogen-bond acceptors (Lipinski definition) is 7. The van der Waals surface area contributed by atoms with Crippen molar-refractivity contribution in [2.75, 3.05) is 6.61 Å². The fourth-order valence-electron chi connectivity index (χ4n) is 3.38. The molecule has 1 aliphatic heterocycles. The molecule has 0 amide bonds. The lowest BCUT2D eigenvalue weighted by Gasteiger charge is -2.13. The van der Waals surface area contributed by atoms with Crippen molar-refractivity contribution in [1.29, 1.82) is 0 Å². The second-order valence-electron chi connectivity index (χ2n) is 6.80. The van der Waals surface area contributed by atoms with Gasteiger partial charge >= 0.3 is 0 Å². The molecule has 1 aromatic carbocycles. The molecule has 8 heteroatoms. The van der Waals surface area contributed by atoms with Gasteiger partial charge in [-0.15, -0.1) is 21.5 Å². The topological polar surface area (TPSA) is 66.0 Å². The van der Waals surface area contributed by atoms with Gasteiger partial charge in [-0.2, -0.15) is 0 Å².